The zero-order valence-corrected chi connectivity index (χ0v) is 53.4. The summed E-state index contributed by atoms with van der Waals surface area (Å²) in [5, 5.41) is 0. The second-order valence-electron chi connectivity index (χ2n) is 24.1. The molecule has 0 aliphatic heterocycles. The van der Waals surface area contributed by atoms with Crippen molar-refractivity contribution in [3.8, 4) is 0 Å². The van der Waals surface area contributed by atoms with E-state index >= 15 is 0 Å². The Morgan fingerprint density at radius 3 is 0.722 bits per heavy atom. The van der Waals surface area contributed by atoms with Gasteiger partial charge in [-0.05, 0) is 77.0 Å². The van der Waals surface area contributed by atoms with Gasteiger partial charge in [-0.3, -0.25) is 14.4 Å². The van der Waals surface area contributed by atoms with E-state index in [-0.39, 0.29) is 31.1 Å². The van der Waals surface area contributed by atoms with E-state index in [0.717, 1.165) is 77.0 Å². The van der Waals surface area contributed by atoms with Gasteiger partial charge in [0, 0.05) is 19.3 Å². The summed E-state index contributed by atoms with van der Waals surface area (Å²) >= 11 is 0. The second-order valence-corrected chi connectivity index (χ2v) is 24.1. The molecule has 0 saturated heterocycles. The fourth-order valence-electron chi connectivity index (χ4n) is 10.8. The standard InChI is InChI=1S/C73H136O6/c1-4-7-10-13-16-19-22-25-28-31-32-33-34-35-36-37-38-39-40-41-43-45-48-51-54-57-60-63-66-72(75)78-69-70(68-77-71(74)65-62-59-56-53-50-47-44-30-27-24-21-18-15-12-9-6-3)79-73(76)67-64-61-58-55-52-49-46-42-29-26-23-20-17-14-11-8-5-2/h21,24,26,29-30,44,70H,4-20,22-23,25,27-28,31-43,45-69H2,1-3H3/b24-21-,29-26-,44-30-. The first kappa shape index (κ1) is 76.6. The van der Waals surface area contributed by atoms with Gasteiger partial charge in [-0.1, -0.05) is 333 Å². The summed E-state index contributed by atoms with van der Waals surface area (Å²) in [4.78, 5) is 38.4. The number of hydrogen-bond donors (Lipinski definition) is 0. The van der Waals surface area contributed by atoms with E-state index in [2.05, 4.69) is 57.2 Å². The molecule has 1 atom stereocenters. The number of allylic oxidation sites excluding steroid dienone is 6. The zero-order chi connectivity index (χ0) is 57.1. The Kier molecular flexibility index (Phi) is 66.1. The van der Waals surface area contributed by atoms with Gasteiger partial charge >= 0.3 is 17.9 Å². The molecule has 0 fully saturated rings. The van der Waals surface area contributed by atoms with Crippen molar-refractivity contribution >= 4 is 17.9 Å². The number of esters is 3. The molecule has 0 heterocycles. The predicted octanol–water partition coefficient (Wildman–Crippen LogP) is 24.3. The van der Waals surface area contributed by atoms with Gasteiger partial charge in [0.2, 0.25) is 0 Å². The summed E-state index contributed by atoms with van der Waals surface area (Å²) in [6, 6.07) is 0. The molecule has 0 aromatic carbocycles. The van der Waals surface area contributed by atoms with Crippen LogP contribution in [0.4, 0.5) is 0 Å². The normalized spacial score (nSPS) is 12.2. The first-order chi connectivity index (χ1) is 39.0. The van der Waals surface area contributed by atoms with Crippen LogP contribution in [0.5, 0.6) is 0 Å². The van der Waals surface area contributed by atoms with Crippen LogP contribution >= 0.6 is 0 Å². The third-order valence-corrected chi connectivity index (χ3v) is 16.1. The molecule has 0 aromatic rings. The van der Waals surface area contributed by atoms with Crippen molar-refractivity contribution in [2.24, 2.45) is 0 Å². The minimum Gasteiger partial charge on any atom is -0.462 e. The Morgan fingerprint density at radius 1 is 0.253 bits per heavy atom. The molecule has 0 saturated carbocycles. The van der Waals surface area contributed by atoms with Gasteiger partial charge in [-0.2, -0.15) is 0 Å². The molecule has 1 unspecified atom stereocenters. The van der Waals surface area contributed by atoms with Crippen molar-refractivity contribution in [1.29, 1.82) is 0 Å². The maximum absolute atomic E-state index is 12.9. The molecule has 0 radical (unpaired) electrons. The summed E-state index contributed by atoms with van der Waals surface area (Å²) in [6.45, 7) is 6.68. The Labute approximate surface area is 493 Å². The minimum absolute atomic E-state index is 0.0740. The van der Waals surface area contributed by atoms with Crippen molar-refractivity contribution in [3.05, 3.63) is 36.5 Å². The Morgan fingerprint density at radius 2 is 0.456 bits per heavy atom. The third kappa shape index (κ3) is 66.3. The molecule has 0 rings (SSSR count). The lowest BCUT2D eigenvalue weighted by Crippen LogP contribution is -2.30. The molecule has 0 aliphatic rings. The molecule has 0 amide bonds. The average Bonchev–Trinajstić information content (AvgIpc) is 3.45. The first-order valence-electron chi connectivity index (χ1n) is 35.5. The van der Waals surface area contributed by atoms with Gasteiger partial charge in [-0.25, -0.2) is 0 Å². The van der Waals surface area contributed by atoms with Crippen LogP contribution in [0.2, 0.25) is 0 Å². The number of carbonyl (C=O) groups excluding carboxylic acids is 3. The highest BCUT2D eigenvalue weighted by molar-refractivity contribution is 5.71. The molecule has 464 valence electrons. The van der Waals surface area contributed by atoms with Crippen molar-refractivity contribution in [2.75, 3.05) is 13.2 Å². The first-order valence-corrected chi connectivity index (χ1v) is 35.5. The van der Waals surface area contributed by atoms with E-state index < -0.39 is 6.10 Å². The fourth-order valence-corrected chi connectivity index (χ4v) is 10.8. The average molecular weight is 1110 g/mol. The minimum atomic E-state index is -0.779. The Bertz CT molecular complexity index is 1320. The number of rotatable bonds is 66. The molecule has 0 bridgehead atoms. The second kappa shape index (κ2) is 68.1. The van der Waals surface area contributed by atoms with E-state index in [1.165, 1.54) is 276 Å². The molecule has 0 aromatic heterocycles. The molecular weight excluding hydrogens is 973 g/mol. The van der Waals surface area contributed by atoms with Gasteiger partial charge in [0.15, 0.2) is 6.10 Å². The molecule has 0 N–H and O–H groups in total. The smallest absolute Gasteiger partial charge is 0.306 e. The van der Waals surface area contributed by atoms with Crippen LogP contribution in [0, 0.1) is 0 Å². The van der Waals surface area contributed by atoms with Crippen molar-refractivity contribution in [3.63, 3.8) is 0 Å². The van der Waals surface area contributed by atoms with Crippen molar-refractivity contribution < 1.29 is 28.6 Å². The van der Waals surface area contributed by atoms with E-state index in [1.807, 2.05) is 0 Å². The van der Waals surface area contributed by atoms with E-state index in [9.17, 15) is 14.4 Å². The SMILES string of the molecule is CCCCCC/C=C\C/C=C\CCCCCCCC(=O)OCC(COC(=O)CCCCCCCCCCCCCCCCCCCCCCCCCCCCCC)OC(=O)CCCCCCCCC/C=C\CCCCCCCC. The highest BCUT2D eigenvalue weighted by Gasteiger charge is 2.19. The summed E-state index contributed by atoms with van der Waals surface area (Å²) in [5.74, 6) is -0.865. The maximum atomic E-state index is 12.9. The van der Waals surface area contributed by atoms with Crippen LogP contribution in [-0.4, -0.2) is 37.2 Å². The predicted molar refractivity (Wildman–Crippen MR) is 344 cm³/mol. The molecule has 0 spiro atoms. The summed E-state index contributed by atoms with van der Waals surface area (Å²) < 4.78 is 17.0. The van der Waals surface area contributed by atoms with Crippen LogP contribution in [0.15, 0.2) is 36.5 Å². The molecule has 6 nitrogen and oxygen atoms in total. The lowest BCUT2D eigenvalue weighted by atomic mass is 10.0. The quantitative estimate of drug-likeness (QED) is 0.0261. The van der Waals surface area contributed by atoms with Gasteiger partial charge in [0.1, 0.15) is 13.2 Å². The van der Waals surface area contributed by atoms with Gasteiger partial charge in [0.25, 0.3) is 0 Å². The lowest BCUT2D eigenvalue weighted by molar-refractivity contribution is -0.167. The topological polar surface area (TPSA) is 78.9 Å². The Balaban J connectivity index is 4.23. The maximum Gasteiger partial charge on any atom is 0.306 e. The summed E-state index contributed by atoms with van der Waals surface area (Å²) in [6.07, 6.45) is 84.6. The van der Waals surface area contributed by atoms with E-state index in [0.29, 0.717) is 19.3 Å². The number of ether oxygens (including phenoxy) is 3. The van der Waals surface area contributed by atoms with Gasteiger partial charge in [-0.15, -0.1) is 0 Å². The molecule has 79 heavy (non-hydrogen) atoms. The van der Waals surface area contributed by atoms with E-state index in [4.69, 9.17) is 14.2 Å². The number of unbranched alkanes of at least 4 members (excludes halogenated alkanes) is 49. The van der Waals surface area contributed by atoms with Gasteiger partial charge in [0.05, 0.1) is 0 Å². The highest BCUT2D eigenvalue weighted by Crippen LogP contribution is 2.18. The molecular formula is C73H136O6. The number of carbonyl (C=O) groups is 3. The summed E-state index contributed by atoms with van der Waals surface area (Å²) in [5.41, 5.74) is 0. The zero-order valence-electron chi connectivity index (χ0n) is 53.4. The van der Waals surface area contributed by atoms with Crippen LogP contribution in [-0.2, 0) is 28.6 Å². The summed E-state index contributed by atoms with van der Waals surface area (Å²) in [7, 11) is 0. The van der Waals surface area contributed by atoms with Gasteiger partial charge < -0.3 is 14.2 Å². The van der Waals surface area contributed by atoms with Crippen molar-refractivity contribution in [2.45, 2.75) is 399 Å². The van der Waals surface area contributed by atoms with Crippen LogP contribution in [0.25, 0.3) is 0 Å². The fraction of sp³-hybridized carbons (Fsp3) is 0.877. The van der Waals surface area contributed by atoms with Crippen LogP contribution in [0.1, 0.15) is 393 Å². The molecule has 0 aliphatic carbocycles. The third-order valence-electron chi connectivity index (χ3n) is 16.1. The monoisotopic (exact) mass is 1110 g/mol. The Hall–Kier alpha value is -2.37. The number of hydrogen-bond acceptors (Lipinski definition) is 6. The van der Waals surface area contributed by atoms with Crippen LogP contribution in [0.3, 0.4) is 0 Å². The highest BCUT2D eigenvalue weighted by atomic mass is 16.6. The molecule has 6 heteroatoms. The lowest BCUT2D eigenvalue weighted by Gasteiger charge is -2.18. The van der Waals surface area contributed by atoms with E-state index in [1.54, 1.807) is 0 Å². The largest absolute Gasteiger partial charge is 0.462 e. The van der Waals surface area contributed by atoms with Crippen LogP contribution < -0.4 is 0 Å². The van der Waals surface area contributed by atoms with Crippen molar-refractivity contribution in [1.82, 2.24) is 0 Å².